The second-order valence-corrected chi connectivity index (χ2v) is 7.04. The first-order valence-electron chi connectivity index (χ1n) is 8.92. The Labute approximate surface area is 167 Å². The smallest absolute Gasteiger partial charge is 0.274 e. The van der Waals surface area contributed by atoms with Gasteiger partial charge in [-0.25, -0.2) is 14.6 Å². The minimum absolute atomic E-state index is 0.0524. The van der Waals surface area contributed by atoms with Gasteiger partial charge in [-0.05, 0) is 43.7 Å². The average Bonchev–Trinajstić information content (AvgIpc) is 3.17. The van der Waals surface area contributed by atoms with E-state index >= 15 is 0 Å². The van der Waals surface area contributed by atoms with Crippen LogP contribution in [0.15, 0.2) is 47.9 Å². The Morgan fingerprint density at radius 3 is 2.61 bits per heavy atom. The van der Waals surface area contributed by atoms with E-state index in [-0.39, 0.29) is 11.9 Å². The van der Waals surface area contributed by atoms with Crippen LogP contribution >= 0.6 is 11.8 Å². The monoisotopic (exact) mass is 398 g/mol. The van der Waals surface area contributed by atoms with Gasteiger partial charge < -0.3 is 10.1 Å². The van der Waals surface area contributed by atoms with Crippen LogP contribution in [0.3, 0.4) is 0 Å². The van der Waals surface area contributed by atoms with Crippen LogP contribution in [-0.4, -0.2) is 44.0 Å². The number of ether oxygens (including phenoxy) is 1. The maximum absolute atomic E-state index is 12.7. The molecule has 2 heterocycles. The summed E-state index contributed by atoms with van der Waals surface area (Å²) < 4.78 is 6.88. The van der Waals surface area contributed by atoms with Crippen molar-refractivity contribution in [3.8, 4) is 11.4 Å². The first-order valence-corrected chi connectivity index (χ1v) is 9.90. The molecule has 0 aliphatic rings. The number of amides is 1. The zero-order valence-electron chi connectivity index (χ0n) is 16.0. The zero-order chi connectivity index (χ0) is 19.9. The molecule has 9 heteroatoms. The molecule has 3 aromatic rings. The van der Waals surface area contributed by atoms with Gasteiger partial charge in [-0.15, -0.1) is 5.10 Å². The first kappa shape index (κ1) is 19.8. The summed E-state index contributed by atoms with van der Waals surface area (Å²) in [4.78, 5) is 21.2. The number of hydrogen-bond donors (Lipinski definition) is 1. The van der Waals surface area contributed by atoms with Crippen LogP contribution in [0.25, 0.3) is 5.69 Å². The fourth-order valence-corrected chi connectivity index (χ4v) is 3.22. The van der Waals surface area contributed by atoms with Crippen molar-refractivity contribution < 1.29 is 9.53 Å². The molecule has 0 spiro atoms. The zero-order valence-corrected chi connectivity index (χ0v) is 16.8. The topological polar surface area (TPSA) is 94.8 Å². The Balaban J connectivity index is 1.92. The number of methoxy groups -OCH3 is 1. The van der Waals surface area contributed by atoms with Gasteiger partial charge in [-0.1, -0.05) is 23.9 Å². The van der Waals surface area contributed by atoms with Crippen LogP contribution in [0, 0.1) is 0 Å². The Morgan fingerprint density at radius 1 is 1.25 bits per heavy atom. The number of rotatable bonds is 8. The lowest BCUT2D eigenvalue weighted by atomic mass is 10.2. The van der Waals surface area contributed by atoms with Gasteiger partial charge in [0.1, 0.15) is 5.75 Å². The first-order chi connectivity index (χ1) is 13.6. The summed E-state index contributed by atoms with van der Waals surface area (Å²) in [5.74, 6) is 0.956. The highest BCUT2D eigenvalue weighted by Crippen LogP contribution is 2.23. The molecule has 1 unspecified atom stereocenters. The molecule has 0 saturated carbocycles. The number of carbonyl (C=O) groups excluding carboxylic acids is 1. The molecule has 1 amide bonds. The Kier molecular flexibility index (Phi) is 6.59. The number of benzene rings is 1. The van der Waals surface area contributed by atoms with E-state index in [9.17, 15) is 4.79 Å². The lowest BCUT2D eigenvalue weighted by Crippen LogP contribution is -2.32. The van der Waals surface area contributed by atoms with Crippen molar-refractivity contribution in [1.29, 1.82) is 0 Å². The quantitative estimate of drug-likeness (QED) is 0.460. The number of aromatic nitrogens is 5. The normalized spacial score (nSPS) is 11.8. The van der Waals surface area contributed by atoms with Gasteiger partial charge in [-0.2, -0.15) is 0 Å². The van der Waals surface area contributed by atoms with Gasteiger partial charge in [0.2, 0.25) is 0 Å². The summed E-state index contributed by atoms with van der Waals surface area (Å²) in [5.41, 5.74) is 1.78. The summed E-state index contributed by atoms with van der Waals surface area (Å²) >= 11 is 1.42. The Morgan fingerprint density at radius 2 is 1.96 bits per heavy atom. The van der Waals surface area contributed by atoms with Crippen LogP contribution in [-0.2, 0) is 5.75 Å². The number of nitrogens with one attached hydrogen (secondary N) is 1. The summed E-state index contributed by atoms with van der Waals surface area (Å²) in [7, 11) is 1.61. The minimum atomic E-state index is -0.237. The summed E-state index contributed by atoms with van der Waals surface area (Å²) in [6.07, 6.45) is 4.20. The molecule has 28 heavy (non-hydrogen) atoms. The molecule has 146 valence electrons. The van der Waals surface area contributed by atoms with Crippen molar-refractivity contribution in [3.63, 3.8) is 0 Å². The van der Waals surface area contributed by atoms with Gasteiger partial charge in [0.25, 0.3) is 5.91 Å². The van der Waals surface area contributed by atoms with E-state index in [0.29, 0.717) is 22.3 Å². The summed E-state index contributed by atoms with van der Waals surface area (Å²) in [6, 6.07) is 9.24. The van der Waals surface area contributed by atoms with Crippen molar-refractivity contribution >= 4 is 17.7 Å². The minimum Gasteiger partial charge on any atom is -0.497 e. The van der Waals surface area contributed by atoms with Gasteiger partial charge in [-0.3, -0.25) is 4.79 Å². The molecule has 1 N–H and O–H groups in total. The highest BCUT2D eigenvalue weighted by molar-refractivity contribution is 7.98. The molecule has 1 aromatic carbocycles. The summed E-state index contributed by atoms with van der Waals surface area (Å²) in [5, 5.41) is 11.9. The third-order valence-corrected chi connectivity index (χ3v) is 5.05. The van der Waals surface area contributed by atoms with Crippen LogP contribution in [0.2, 0.25) is 0 Å². The SMILES string of the molecule is CCC(C)NC(=O)c1nnn(-c2ccc(OC)cc2)c1CSc1ncccn1. The van der Waals surface area contributed by atoms with E-state index in [4.69, 9.17) is 4.74 Å². The fourth-order valence-electron chi connectivity index (χ4n) is 2.43. The van der Waals surface area contributed by atoms with E-state index in [1.54, 1.807) is 30.3 Å². The lowest BCUT2D eigenvalue weighted by Gasteiger charge is -2.11. The highest BCUT2D eigenvalue weighted by atomic mass is 32.2. The van der Waals surface area contributed by atoms with Gasteiger partial charge in [0.05, 0.1) is 18.5 Å². The summed E-state index contributed by atoms with van der Waals surface area (Å²) in [6.45, 7) is 3.97. The second kappa shape index (κ2) is 9.32. The van der Waals surface area contributed by atoms with Crippen molar-refractivity contribution in [2.24, 2.45) is 0 Å². The average molecular weight is 398 g/mol. The predicted octanol–water partition coefficient (Wildman–Crippen LogP) is 2.89. The molecule has 0 radical (unpaired) electrons. The molecule has 8 nitrogen and oxygen atoms in total. The molecular weight excluding hydrogens is 376 g/mol. The van der Waals surface area contributed by atoms with E-state index in [1.807, 2.05) is 38.1 Å². The number of thioether (sulfide) groups is 1. The number of nitrogens with zero attached hydrogens (tertiary/aromatic N) is 5. The van der Waals surface area contributed by atoms with Crippen LogP contribution < -0.4 is 10.1 Å². The van der Waals surface area contributed by atoms with Crippen molar-refractivity contribution in [1.82, 2.24) is 30.3 Å². The predicted molar refractivity (Wildman–Crippen MR) is 107 cm³/mol. The largest absolute Gasteiger partial charge is 0.497 e. The van der Waals surface area contributed by atoms with Crippen molar-refractivity contribution in [3.05, 3.63) is 54.1 Å². The molecule has 0 fully saturated rings. The standard InChI is InChI=1S/C19H22N6O2S/c1-4-13(2)22-18(26)17-16(12-28-19-20-10-5-11-21-19)25(24-23-17)14-6-8-15(27-3)9-7-14/h5-11,13H,4,12H2,1-3H3,(H,22,26). The maximum Gasteiger partial charge on any atom is 0.274 e. The van der Waals surface area contributed by atoms with Crippen LogP contribution in [0.1, 0.15) is 36.5 Å². The number of hydrogen-bond acceptors (Lipinski definition) is 7. The van der Waals surface area contributed by atoms with E-state index in [0.717, 1.165) is 17.9 Å². The van der Waals surface area contributed by atoms with E-state index in [2.05, 4.69) is 25.6 Å². The van der Waals surface area contributed by atoms with E-state index in [1.165, 1.54) is 11.8 Å². The lowest BCUT2D eigenvalue weighted by molar-refractivity contribution is 0.0933. The third kappa shape index (κ3) is 4.66. The van der Waals surface area contributed by atoms with Gasteiger partial charge >= 0.3 is 0 Å². The molecule has 0 bridgehead atoms. The van der Waals surface area contributed by atoms with Gasteiger partial charge in [0, 0.05) is 24.2 Å². The number of carbonyl (C=O) groups is 1. The Bertz CT molecular complexity index is 914. The van der Waals surface area contributed by atoms with Gasteiger partial charge in [0.15, 0.2) is 10.9 Å². The van der Waals surface area contributed by atoms with Crippen molar-refractivity contribution in [2.45, 2.75) is 37.2 Å². The highest BCUT2D eigenvalue weighted by Gasteiger charge is 2.22. The molecule has 2 aromatic heterocycles. The molecule has 1 atom stereocenters. The van der Waals surface area contributed by atoms with Crippen molar-refractivity contribution in [2.75, 3.05) is 7.11 Å². The van der Waals surface area contributed by atoms with Crippen LogP contribution in [0.5, 0.6) is 5.75 Å². The third-order valence-electron chi connectivity index (χ3n) is 4.17. The molecule has 3 rings (SSSR count). The van der Waals surface area contributed by atoms with E-state index < -0.39 is 0 Å². The fraction of sp³-hybridized carbons (Fsp3) is 0.316. The second-order valence-electron chi connectivity index (χ2n) is 6.10. The molecule has 0 aliphatic carbocycles. The maximum atomic E-state index is 12.7. The van der Waals surface area contributed by atoms with Crippen LogP contribution in [0.4, 0.5) is 0 Å². The molecule has 0 saturated heterocycles. The molecular formula is C19H22N6O2S. The Hall–Kier alpha value is -2.94. The molecule has 0 aliphatic heterocycles.